The zero-order valence-corrected chi connectivity index (χ0v) is 12.5. The average Bonchev–Trinajstić information content (AvgIpc) is 3.08. The third-order valence-corrected chi connectivity index (χ3v) is 4.50. The quantitative estimate of drug-likeness (QED) is 0.820. The van der Waals surface area contributed by atoms with E-state index >= 15 is 0 Å². The second-order valence-corrected chi connectivity index (χ2v) is 6.42. The summed E-state index contributed by atoms with van der Waals surface area (Å²) in [5.74, 6) is 0.698. The van der Waals surface area contributed by atoms with E-state index in [-0.39, 0.29) is 0 Å². The van der Waals surface area contributed by atoms with Crippen LogP contribution in [-0.2, 0) is 6.54 Å². The van der Waals surface area contributed by atoms with Gasteiger partial charge in [-0.05, 0) is 39.9 Å². The fourth-order valence-corrected chi connectivity index (χ4v) is 3.07. The Bertz CT molecular complexity index is 384. The first kappa shape index (κ1) is 13.8. The molecule has 1 aliphatic carbocycles. The minimum absolute atomic E-state index is 0.634. The van der Waals surface area contributed by atoms with Crippen molar-refractivity contribution in [1.29, 1.82) is 0 Å². The second kappa shape index (κ2) is 5.99. The number of anilines is 1. The molecule has 1 heterocycles. The molecule has 0 spiro atoms. The van der Waals surface area contributed by atoms with E-state index in [4.69, 9.17) is 10.7 Å². The Labute approximate surface area is 114 Å². The number of thiazole rings is 1. The van der Waals surface area contributed by atoms with Gasteiger partial charge in [0.1, 0.15) is 0 Å². The van der Waals surface area contributed by atoms with Crippen LogP contribution in [0.1, 0.15) is 35.8 Å². The largest absolute Gasteiger partial charge is 0.351 e. The van der Waals surface area contributed by atoms with E-state index in [1.165, 1.54) is 29.8 Å². The maximum atomic E-state index is 5.81. The molecule has 1 saturated carbocycles. The Morgan fingerprint density at radius 2 is 2.00 bits per heavy atom. The van der Waals surface area contributed by atoms with Crippen LogP contribution in [0, 0.1) is 0 Å². The summed E-state index contributed by atoms with van der Waals surface area (Å²) in [6.07, 6.45) is 3.75. The van der Waals surface area contributed by atoms with Crippen LogP contribution >= 0.6 is 11.3 Å². The van der Waals surface area contributed by atoms with Crippen LogP contribution < -0.4 is 10.6 Å². The van der Waals surface area contributed by atoms with Crippen LogP contribution in [0.25, 0.3) is 0 Å². The van der Waals surface area contributed by atoms with Gasteiger partial charge in [-0.3, -0.25) is 0 Å². The van der Waals surface area contributed by atoms with Crippen LogP contribution in [0.2, 0.25) is 0 Å². The third-order valence-electron chi connectivity index (χ3n) is 3.29. The Morgan fingerprint density at radius 1 is 1.28 bits per heavy atom. The summed E-state index contributed by atoms with van der Waals surface area (Å²) >= 11 is 1.77. The van der Waals surface area contributed by atoms with Crippen molar-refractivity contribution in [2.75, 3.05) is 39.1 Å². The summed E-state index contributed by atoms with van der Waals surface area (Å²) in [5.41, 5.74) is 7.09. The van der Waals surface area contributed by atoms with Crippen molar-refractivity contribution < 1.29 is 0 Å². The summed E-state index contributed by atoms with van der Waals surface area (Å²) in [4.78, 5) is 10.6. The smallest absolute Gasteiger partial charge is 0.185 e. The van der Waals surface area contributed by atoms with Crippen LogP contribution in [0.3, 0.4) is 0 Å². The molecule has 0 radical (unpaired) electrons. The summed E-state index contributed by atoms with van der Waals surface area (Å²) < 4.78 is 0. The average molecular weight is 268 g/mol. The third kappa shape index (κ3) is 3.43. The van der Waals surface area contributed by atoms with E-state index in [2.05, 4.69) is 30.9 Å². The Kier molecular flexibility index (Phi) is 4.59. The monoisotopic (exact) mass is 268 g/mol. The Hall–Kier alpha value is -0.650. The molecule has 0 aliphatic heterocycles. The first-order valence-electron chi connectivity index (χ1n) is 6.67. The highest BCUT2D eigenvalue weighted by atomic mass is 32.1. The molecular weight excluding hydrogens is 244 g/mol. The maximum absolute atomic E-state index is 5.81. The number of hydrogen-bond acceptors (Lipinski definition) is 5. The van der Waals surface area contributed by atoms with E-state index < -0.39 is 0 Å². The van der Waals surface area contributed by atoms with Gasteiger partial charge in [0.05, 0.1) is 5.69 Å². The normalized spacial score (nSPS) is 15.4. The lowest BCUT2D eigenvalue weighted by molar-refractivity contribution is 0.401. The highest BCUT2D eigenvalue weighted by molar-refractivity contribution is 7.15. The van der Waals surface area contributed by atoms with Gasteiger partial charge in [-0.1, -0.05) is 0 Å². The number of nitrogens with zero attached hydrogens (tertiary/aromatic N) is 3. The van der Waals surface area contributed by atoms with Gasteiger partial charge in [-0.15, -0.1) is 11.3 Å². The van der Waals surface area contributed by atoms with Crippen molar-refractivity contribution in [3.63, 3.8) is 0 Å². The van der Waals surface area contributed by atoms with E-state index in [1.54, 1.807) is 11.3 Å². The number of nitrogens with two attached hydrogens (primary N) is 1. The van der Waals surface area contributed by atoms with Crippen LogP contribution in [0.5, 0.6) is 0 Å². The molecule has 1 fully saturated rings. The molecule has 0 amide bonds. The Morgan fingerprint density at radius 3 is 2.56 bits per heavy atom. The lowest BCUT2D eigenvalue weighted by Crippen LogP contribution is -2.23. The SMILES string of the molecule is CN(C)CCCN(C)c1nc(C2CC2)c(CN)s1. The molecule has 0 aromatic carbocycles. The summed E-state index contributed by atoms with van der Waals surface area (Å²) in [7, 11) is 6.35. The van der Waals surface area contributed by atoms with Gasteiger partial charge in [-0.25, -0.2) is 4.98 Å². The van der Waals surface area contributed by atoms with Gasteiger partial charge in [0.25, 0.3) is 0 Å². The van der Waals surface area contributed by atoms with Crippen LogP contribution in [-0.4, -0.2) is 44.1 Å². The molecule has 0 bridgehead atoms. The molecule has 2 N–H and O–H groups in total. The van der Waals surface area contributed by atoms with E-state index in [1.807, 2.05) is 0 Å². The van der Waals surface area contributed by atoms with Gasteiger partial charge < -0.3 is 15.5 Å². The van der Waals surface area contributed by atoms with Gasteiger partial charge in [-0.2, -0.15) is 0 Å². The Balaban J connectivity index is 1.94. The predicted octanol–water partition coefficient (Wildman–Crippen LogP) is 1.87. The lowest BCUT2D eigenvalue weighted by Gasteiger charge is -2.17. The molecule has 4 nitrogen and oxygen atoms in total. The minimum Gasteiger partial charge on any atom is -0.351 e. The molecule has 2 rings (SSSR count). The van der Waals surface area contributed by atoms with E-state index in [0.29, 0.717) is 12.5 Å². The number of aromatic nitrogens is 1. The van der Waals surface area contributed by atoms with Gasteiger partial charge >= 0.3 is 0 Å². The van der Waals surface area contributed by atoms with Gasteiger partial charge in [0, 0.05) is 30.9 Å². The zero-order chi connectivity index (χ0) is 13.1. The lowest BCUT2D eigenvalue weighted by atomic mass is 10.2. The number of rotatable bonds is 7. The van der Waals surface area contributed by atoms with Gasteiger partial charge in [0.15, 0.2) is 5.13 Å². The van der Waals surface area contributed by atoms with Gasteiger partial charge in [0.2, 0.25) is 0 Å². The molecule has 5 heteroatoms. The van der Waals surface area contributed by atoms with E-state index in [0.717, 1.165) is 18.2 Å². The molecule has 18 heavy (non-hydrogen) atoms. The van der Waals surface area contributed by atoms with Crippen molar-refractivity contribution in [1.82, 2.24) is 9.88 Å². The molecular formula is C13H24N4S. The molecule has 1 aliphatic rings. The molecule has 102 valence electrons. The summed E-state index contributed by atoms with van der Waals surface area (Å²) in [6.45, 7) is 2.81. The fraction of sp³-hybridized carbons (Fsp3) is 0.769. The molecule has 1 aromatic heterocycles. The molecule has 0 atom stereocenters. The molecule has 0 unspecified atom stereocenters. The first-order chi connectivity index (χ1) is 8.61. The molecule has 1 aromatic rings. The first-order valence-corrected chi connectivity index (χ1v) is 7.49. The maximum Gasteiger partial charge on any atom is 0.185 e. The van der Waals surface area contributed by atoms with E-state index in [9.17, 15) is 0 Å². The molecule has 0 saturated heterocycles. The minimum atomic E-state index is 0.634. The topological polar surface area (TPSA) is 45.4 Å². The van der Waals surface area contributed by atoms with Crippen LogP contribution in [0.4, 0.5) is 5.13 Å². The van der Waals surface area contributed by atoms with Crippen molar-refractivity contribution >= 4 is 16.5 Å². The van der Waals surface area contributed by atoms with Crippen LogP contribution in [0.15, 0.2) is 0 Å². The highest BCUT2D eigenvalue weighted by Crippen LogP contribution is 2.43. The standard InChI is InChI=1S/C13H24N4S/c1-16(2)7-4-8-17(3)13-15-12(10-5-6-10)11(9-14)18-13/h10H,4-9,14H2,1-3H3. The number of hydrogen-bond donors (Lipinski definition) is 1. The van der Waals surface area contributed by atoms with Crippen molar-refractivity contribution in [2.45, 2.75) is 31.7 Å². The van der Waals surface area contributed by atoms with Crippen molar-refractivity contribution in [2.24, 2.45) is 5.73 Å². The fourth-order valence-electron chi connectivity index (χ4n) is 2.06. The zero-order valence-electron chi connectivity index (χ0n) is 11.6. The summed E-state index contributed by atoms with van der Waals surface area (Å²) in [6, 6.07) is 0. The highest BCUT2D eigenvalue weighted by Gasteiger charge is 2.29. The second-order valence-electron chi connectivity index (χ2n) is 5.36. The summed E-state index contributed by atoms with van der Waals surface area (Å²) in [5, 5.41) is 1.14. The van der Waals surface area contributed by atoms with Crippen molar-refractivity contribution in [3.8, 4) is 0 Å². The predicted molar refractivity (Wildman–Crippen MR) is 78.4 cm³/mol. The van der Waals surface area contributed by atoms with Crippen molar-refractivity contribution in [3.05, 3.63) is 10.6 Å².